The molecule has 15 heavy (non-hydrogen) atoms. The molecule has 5 nitrogen and oxygen atoms in total. The minimum atomic E-state index is 0.152. The van der Waals surface area contributed by atoms with E-state index in [9.17, 15) is 0 Å². The molecule has 0 amide bonds. The van der Waals surface area contributed by atoms with E-state index in [2.05, 4.69) is 23.3 Å². The van der Waals surface area contributed by atoms with Crippen LogP contribution in [0.5, 0.6) is 0 Å². The second kappa shape index (κ2) is 6.14. The fourth-order valence-electron chi connectivity index (χ4n) is 1.49. The highest BCUT2D eigenvalue weighted by atomic mass is 16.3. The molecule has 0 atom stereocenters. The van der Waals surface area contributed by atoms with Crippen LogP contribution in [0.15, 0.2) is 0 Å². The van der Waals surface area contributed by atoms with E-state index in [0.717, 1.165) is 24.2 Å². The zero-order valence-electron chi connectivity index (χ0n) is 8.98. The standard InChI is InChI=1S/C10H16N4O/c1-2-4-10-9(5-6-11)12-13-14(10)7-3-8-15/h15H,2-5,7-8H2,1H3. The van der Waals surface area contributed by atoms with Crippen LogP contribution in [0.4, 0.5) is 0 Å². The molecule has 0 aliphatic carbocycles. The lowest BCUT2D eigenvalue weighted by Gasteiger charge is -2.04. The molecule has 0 saturated heterocycles. The Balaban J connectivity index is 2.81. The number of nitrogens with zero attached hydrogens (tertiary/aromatic N) is 4. The lowest BCUT2D eigenvalue weighted by molar-refractivity contribution is 0.275. The van der Waals surface area contributed by atoms with Crippen molar-refractivity contribution in [2.75, 3.05) is 6.61 Å². The predicted octanol–water partition coefficient (Wildman–Crippen LogP) is 0.679. The first kappa shape index (κ1) is 11.7. The van der Waals surface area contributed by atoms with E-state index in [1.165, 1.54) is 0 Å². The number of aryl methyl sites for hydroxylation is 1. The molecule has 0 fully saturated rings. The monoisotopic (exact) mass is 208 g/mol. The zero-order chi connectivity index (χ0) is 11.1. The van der Waals surface area contributed by atoms with Gasteiger partial charge in [0.05, 0.1) is 23.9 Å². The van der Waals surface area contributed by atoms with Gasteiger partial charge in [0.2, 0.25) is 0 Å². The summed E-state index contributed by atoms with van der Waals surface area (Å²) in [5.74, 6) is 0. The molecule has 82 valence electrons. The van der Waals surface area contributed by atoms with E-state index in [4.69, 9.17) is 10.4 Å². The third-order valence-corrected chi connectivity index (χ3v) is 2.18. The fraction of sp³-hybridized carbons (Fsp3) is 0.700. The van der Waals surface area contributed by atoms with Crippen LogP contribution in [0.1, 0.15) is 31.2 Å². The largest absolute Gasteiger partial charge is 0.396 e. The molecule has 1 heterocycles. The molecule has 1 aromatic rings. The Morgan fingerprint density at radius 1 is 1.53 bits per heavy atom. The third-order valence-electron chi connectivity index (χ3n) is 2.18. The van der Waals surface area contributed by atoms with Crippen LogP contribution in [-0.4, -0.2) is 26.7 Å². The highest BCUT2D eigenvalue weighted by molar-refractivity contribution is 5.14. The fourth-order valence-corrected chi connectivity index (χ4v) is 1.49. The molecule has 1 aromatic heterocycles. The van der Waals surface area contributed by atoms with Crippen LogP contribution in [0.3, 0.4) is 0 Å². The SMILES string of the molecule is CCCc1c(CC#N)nnn1CCCO. The van der Waals surface area contributed by atoms with Crippen molar-refractivity contribution < 1.29 is 5.11 Å². The van der Waals surface area contributed by atoms with E-state index < -0.39 is 0 Å². The number of aliphatic hydroxyl groups excluding tert-OH is 1. The molecule has 5 heteroatoms. The van der Waals surface area contributed by atoms with Crippen molar-refractivity contribution in [2.45, 2.75) is 39.2 Å². The third kappa shape index (κ3) is 3.03. The number of aromatic nitrogens is 3. The summed E-state index contributed by atoms with van der Waals surface area (Å²) in [7, 11) is 0. The number of rotatable bonds is 6. The van der Waals surface area contributed by atoms with Crippen molar-refractivity contribution in [1.82, 2.24) is 15.0 Å². The molecule has 0 saturated carbocycles. The molecule has 0 aromatic carbocycles. The first-order valence-corrected chi connectivity index (χ1v) is 5.22. The van der Waals surface area contributed by atoms with Gasteiger partial charge in [0.25, 0.3) is 0 Å². The van der Waals surface area contributed by atoms with Crippen LogP contribution in [0, 0.1) is 11.3 Å². The highest BCUT2D eigenvalue weighted by Gasteiger charge is 2.10. The molecule has 0 unspecified atom stereocenters. The Bertz CT molecular complexity index is 340. The van der Waals surface area contributed by atoms with Crippen LogP contribution < -0.4 is 0 Å². The van der Waals surface area contributed by atoms with Gasteiger partial charge in [0.1, 0.15) is 0 Å². The van der Waals surface area contributed by atoms with Crippen molar-refractivity contribution in [1.29, 1.82) is 5.26 Å². The second-order valence-electron chi connectivity index (χ2n) is 3.37. The maximum atomic E-state index is 8.74. The summed E-state index contributed by atoms with van der Waals surface area (Å²) in [5, 5.41) is 25.4. The first-order valence-electron chi connectivity index (χ1n) is 5.22. The molecule has 0 radical (unpaired) electrons. The minimum absolute atomic E-state index is 0.152. The number of aliphatic hydroxyl groups is 1. The van der Waals surface area contributed by atoms with Gasteiger partial charge in [-0.1, -0.05) is 18.6 Å². The first-order chi connectivity index (χ1) is 7.33. The van der Waals surface area contributed by atoms with Crippen LogP contribution >= 0.6 is 0 Å². The van der Waals surface area contributed by atoms with Gasteiger partial charge in [-0.05, 0) is 12.8 Å². The van der Waals surface area contributed by atoms with Gasteiger partial charge >= 0.3 is 0 Å². The molecule has 0 spiro atoms. The Kier molecular flexibility index (Phi) is 4.78. The van der Waals surface area contributed by atoms with Gasteiger partial charge in [-0.3, -0.25) is 0 Å². The normalized spacial score (nSPS) is 10.2. The highest BCUT2D eigenvalue weighted by Crippen LogP contribution is 2.09. The van der Waals surface area contributed by atoms with Crippen molar-refractivity contribution >= 4 is 0 Å². The minimum Gasteiger partial charge on any atom is -0.396 e. The summed E-state index contributed by atoms with van der Waals surface area (Å²) in [6.45, 7) is 2.91. The van der Waals surface area contributed by atoms with Crippen LogP contribution in [0.25, 0.3) is 0 Å². The lowest BCUT2D eigenvalue weighted by Crippen LogP contribution is -2.07. The van der Waals surface area contributed by atoms with E-state index >= 15 is 0 Å². The maximum absolute atomic E-state index is 8.74. The maximum Gasteiger partial charge on any atom is 0.0999 e. The van der Waals surface area contributed by atoms with E-state index in [1.54, 1.807) is 4.68 Å². The second-order valence-corrected chi connectivity index (χ2v) is 3.37. The van der Waals surface area contributed by atoms with Gasteiger partial charge in [0, 0.05) is 13.2 Å². The van der Waals surface area contributed by atoms with Crippen molar-refractivity contribution in [3.8, 4) is 6.07 Å². The average Bonchev–Trinajstić information content (AvgIpc) is 2.60. The van der Waals surface area contributed by atoms with Gasteiger partial charge in [-0.2, -0.15) is 5.26 Å². The summed E-state index contributed by atoms with van der Waals surface area (Å²) in [5.41, 5.74) is 1.81. The number of nitriles is 1. The summed E-state index contributed by atoms with van der Waals surface area (Å²) in [6.07, 6.45) is 2.88. The Morgan fingerprint density at radius 2 is 2.33 bits per heavy atom. The van der Waals surface area contributed by atoms with E-state index in [-0.39, 0.29) is 6.61 Å². The van der Waals surface area contributed by atoms with Crippen LogP contribution in [0.2, 0.25) is 0 Å². The molecule has 0 aliphatic heterocycles. The van der Waals surface area contributed by atoms with Crippen LogP contribution in [-0.2, 0) is 19.4 Å². The number of hydrogen-bond acceptors (Lipinski definition) is 4. The topological polar surface area (TPSA) is 74.7 Å². The Labute approximate surface area is 89.3 Å². The molecule has 1 rings (SSSR count). The summed E-state index contributed by atoms with van der Waals surface area (Å²) >= 11 is 0. The average molecular weight is 208 g/mol. The van der Waals surface area contributed by atoms with Gasteiger partial charge in [-0.25, -0.2) is 4.68 Å². The van der Waals surface area contributed by atoms with Gasteiger partial charge in [-0.15, -0.1) is 5.10 Å². The molecule has 0 bridgehead atoms. The van der Waals surface area contributed by atoms with Gasteiger partial charge < -0.3 is 5.11 Å². The summed E-state index contributed by atoms with van der Waals surface area (Å²) in [6, 6.07) is 2.09. The summed E-state index contributed by atoms with van der Waals surface area (Å²) < 4.78 is 1.80. The summed E-state index contributed by atoms with van der Waals surface area (Å²) in [4.78, 5) is 0. The Morgan fingerprint density at radius 3 is 2.93 bits per heavy atom. The zero-order valence-corrected chi connectivity index (χ0v) is 8.98. The van der Waals surface area contributed by atoms with E-state index in [1.807, 2.05) is 0 Å². The Hall–Kier alpha value is -1.41. The van der Waals surface area contributed by atoms with Gasteiger partial charge in [0.15, 0.2) is 0 Å². The van der Waals surface area contributed by atoms with E-state index in [0.29, 0.717) is 19.4 Å². The molecular weight excluding hydrogens is 192 g/mol. The molecule has 0 aliphatic rings. The van der Waals surface area contributed by atoms with Crippen molar-refractivity contribution in [3.63, 3.8) is 0 Å². The lowest BCUT2D eigenvalue weighted by atomic mass is 10.2. The smallest absolute Gasteiger partial charge is 0.0999 e. The van der Waals surface area contributed by atoms with Crippen molar-refractivity contribution in [3.05, 3.63) is 11.4 Å². The molecule has 1 N–H and O–H groups in total. The quantitative estimate of drug-likeness (QED) is 0.746. The number of hydrogen-bond donors (Lipinski definition) is 1. The predicted molar refractivity (Wildman–Crippen MR) is 55.0 cm³/mol. The molecular formula is C10H16N4O. The van der Waals surface area contributed by atoms with Crippen molar-refractivity contribution in [2.24, 2.45) is 0 Å².